The molecule has 0 aliphatic rings. The maximum absolute atomic E-state index is 10.9. The van der Waals surface area contributed by atoms with Gasteiger partial charge in [-0.2, -0.15) is 0 Å². The Balaban J connectivity index is 2.39. The van der Waals surface area contributed by atoms with Crippen molar-refractivity contribution >= 4 is 17.6 Å². The Morgan fingerprint density at radius 3 is 2.83 bits per heavy atom. The van der Waals surface area contributed by atoms with Gasteiger partial charge in [0.25, 0.3) is 0 Å². The lowest BCUT2D eigenvalue weighted by atomic mass is 10.6. The summed E-state index contributed by atoms with van der Waals surface area (Å²) >= 11 is 1.20. The summed E-state index contributed by atoms with van der Waals surface area (Å²) in [7, 11) is 1.71. The maximum Gasteiger partial charge on any atom is 0.396 e. The van der Waals surface area contributed by atoms with Crippen LogP contribution in [0.15, 0.2) is 16.5 Å². The predicted molar refractivity (Wildman–Crippen MR) is 64.4 cm³/mol. The minimum atomic E-state index is -0.498. The van der Waals surface area contributed by atoms with Crippen LogP contribution in [0.5, 0.6) is 0 Å². The second-order valence-corrected chi connectivity index (χ2v) is 4.57. The van der Waals surface area contributed by atoms with E-state index in [1.54, 1.807) is 11.6 Å². The lowest BCUT2D eigenvalue weighted by molar-refractivity contribution is -0.392. The van der Waals surface area contributed by atoms with Crippen molar-refractivity contribution in [3.05, 3.63) is 22.3 Å². The SMILES string of the molecule is CCn1c(C)nnc1Sc1c([N+](=O)[O-])ncn1C. The van der Waals surface area contributed by atoms with Crippen LogP contribution in [-0.2, 0) is 13.6 Å². The lowest BCUT2D eigenvalue weighted by Gasteiger charge is -2.04. The molecule has 0 fully saturated rings. The topological polar surface area (TPSA) is 91.7 Å². The van der Waals surface area contributed by atoms with Gasteiger partial charge in [0.05, 0.1) is 0 Å². The number of imidazole rings is 1. The molecule has 0 aromatic carbocycles. The summed E-state index contributed by atoms with van der Waals surface area (Å²) in [5.74, 6) is 0.621. The Morgan fingerprint density at radius 1 is 1.50 bits per heavy atom. The van der Waals surface area contributed by atoms with E-state index in [2.05, 4.69) is 15.2 Å². The van der Waals surface area contributed by atoms with Gasteiger partial charge in [-0.15, -0.1) is 10.2 Å². The first-order chi connectivity index (χ1) is 8.54. The first-order valence-electron chi connectivity index (χ1n) is 5.28. The van der Waals surface area contributed by atoms with Crippen LogP contribution in [0.1, 0.15) is 12.7 Å². The molecule has 0 unspecified atom stereocenters. The summed E-state index contributed by atoms with van der Waals surface area (Å²) in [5.41, 5.74) is 0. The molecule has 2 heterocycles. The van der Waals surface area contributed by atoms with Gasteiger partial charge >= 0.3 is 5.82 Å². The minimum absolute atomic E-state index is 0.161. The van der Waals surface area contributed by atoms with E-state index in [0.29, 0.717) is 16.7 Å². The molecule has 18 heavy (non-hydrogen) atoms. The first-order valence-corrected chi connectivity index (χ1v) is 6.09. The highest BCUT2D eigenvalue weighted by molar-refractivity contribution is 7.99. The molecule has 0 spiro atoms. The third-order valence-electron chi connectivity index (χ3n) is 2.44. The molecular weight excluding hydrogens is 256 g/mol. The zero-order valence-corrected chi connectivity index (χ0v) is 11.0. The van der Waals surface area contributed by atoms with E-state index in [1.807, 2.05) is 18.4 Å². The predicted octanol–water partition coefficient (Wildman–Crippen LogP) is 1.40. The highest BCUT2D eigenvalue weighted by Gasteiger charge is 2.23. The Morgan fingerprint density at radius 2 is 2.22 bits per heavy atom. The van der Waals surface area contributed by atoms with E-state index in [9.17, 15) is 10.1 Å². The highest BCUT2D eigenvalue weighted by Crippen LogP contribution is 2.32. The molecule has 8 nitrogen and oxygen atoms in total. The summed E-state index contributed by atoms with van der Waals surface area (Å²) in [4.78, 5) is 14.1. The van der Waals surface area contributed by atoms with Gasteiger partial charge in [-0.3, -0.25) is 0 Å². The number of rotatable bonds is 4. The van der Waals surface area contributed by atoms with Crippen LogP contribution >= 0.6 is 11.8 Å². The zero-order chi connectivity index (χ0) is 13.3. The summed E-state index contributed by atoms with van der Waals surface area (Å²) in [5, 5.41) is 19.9. The van der Waals surface area contributed by atoms with E-state index < -0.39 is 4.92 Å². The third-order valence-corrected chi connectivity index (χ3v) is 3.59. The van der Waals surface area contributed by atoms with E-state index in [-0.39, 0.29) is 5.82 Å². The molecule has 0 N–H and O–H groups in total. The molecule has 2 aromatic heterocycles. The molecule has 9 heteroatoms. The number of nitrogens with zero attached hydrogens (tertiary/aromatic N) is 6. The number of hydrogen-bond donors (Lipinski definition) is 0. The van der Waals surface area contributed by atoms with Crippen LogP contribution in [0.2, 0.25) is 0 Å². The Bertz CT molecular complexity index is 590. The Labute approximate surface area is 107 Å². The third kappa shape index (κ3) is 2.08. The van der Waals surface area contributed by atoms with E-state index >= 15 is 0 Å². The molecule has 2 rings (SSSR count). The van der Waals surface area contributed by atoms with Crippen molar-refractivity contribution in [2.75, 3.05) is 0 Å². The molecule has 0 radical (unpaired) electrons. The standard InChI is InChI=1S/C9H12N6O2S/c1-4-14-6(2)11-12-9(14)18-8-7(15(16)17)10-5-13(8)3/h5H,4H2,1-3H3. The normalized spacial score (nSPS) is 10.8. The summed E-state index contributed by atoms with van der Waals surface area (Å²) in [6.07, 6.45) is 1.42. The average molecular weight is 268 g/mol. The van der Waals surface area contributed by atoms with E-state index in [1.165, 1.54) is 18.1 Å². The second kappa shape index (κ2) is 4.77. The van der Waals surface area contributed by atoms with Gasteiger partial charge in [-0.25, -0.2) is 0 Å². The molecule has 0 saturated carbocycles. The van der Waals surface area contributed by atoms with Crippen molar-refractivity contribution in [2.45, 2.75) is 30.6 Å². The number of aromatic nitrogens is 5. The van der Waals surface area contributed by atoms with Gasteiger partial charge in [0.1, 0.15) is 5.82 Å². The van der Waals surface area contributed by atoms with Crippen LogP contribution in [0.25, 0.3) is 0 Å². The van der Waals surface area contributed by atoms with Crippen molar-refractivity contribution in [3.63, 3.8) is 0 Å². The largest absolute Gasteiger partial charge is 0.396 e. The number of aryl methyl sites for hydroxylation is 2. The van der Waals surface area contributed by atoms with Crippen LogP contribution < -0.4 is 0 Å². The highest BCUT2D eigenvalue weighted by atomic mass is 32.2. The van der Waals surface area contributed by atoms with Crippen molar-refractivity contribution in [1.82, 2.24) is 24.3 Å². The fourth-order valence-corrected chi connectivity index (χ4v) is 2.57. The second-order valence-electron chi connectivity index (χ2n) is 3.62. The van der Waals surface area contributed by atoms with Crippen LogP contribution in [0.3, 0.4) is 0 Å². The quantitative estimate of drug-likeness (QED) is 0.614. The van der Waals surface area contributed by atoms with Crippen molar-refractivity contribution in [1.29, 1.82) is 0 Å². The average Bonchev–Trinajstić information content (AvgIpc) is 2.84. The van der Waals surface area contributed by atoms with Gasteiger partial charge in [0.2, 0.25) is 6.33 Å². The Kier molecular flexibility index (Phi) is 3.32. The molecule has 2 aromatic rings. The van der Waals surface area contributed by atoms with Crippen LogP contribution in [0.4, 0.5) is 5.82 Å². The number of nitro groups is 1. The van der Waals surface area contributed by atoms with Crippen LogP contribution in [0, 0.1) is 17.0 Å². The monoisotopic (exact) mass is 268 g/mol. The van der Waals surface area contributed by atoms with Crippen LogP contribution in [-0.4, -0.2) is 29.2 Å². The summed E-state index contributed by atoms with van der Waals surface area (Å²) in [6, 6.07) is 0. The van der Waals surface area contributed by atoms with Gasteiger partial charge in [-0.05, 0) is 35.5 Å². The van der Waals surface area contributed by atoms with Gasteiger partial charge in [0, 0.05) is 13.6 Å². The van der Waals surface area contributed by atoms with Gasteiger partial charge < -0.3 is 19.2 Å². The maximum atomic E-state index is 10.9. The zero-order valence-electron chi connectivity index (χ0n) is 10.2. The summed E-state index contributed by atoms with van der Waals surface area (Å²) < 4.78 is 3.49. The lowest BCUT2D eigenvalue weighted by Crippen LogP contribution is -2.00. The number of hydrogen-bond acceptors (Lipinski definition) is 6. The molecule has 0 aliphatic heterocycles. The first kappa shape index (κ1) is 12.6. The fourth-order valence-electron chi connectivity index (χ4n) is 1.54. The molecule has 0 bridgehead atoms. The fraction of sp³-hybridized carbons (Fsp3) is 0.444. The molecule has 0 saturated heterocycles. The Hall–Kier alpha value is -1.90. The van der Waals surface area contributed by atoms with Gasteiger partial charge in [-0.1, -0.05) is 0 Å². The van der Waals surface area contributed by atoms with Crippen molar-refractivity contribution in [3.8, 4) is 0 Å². The molecule has 0 atom stereocenters. The summed E-state index contributed by atoms with van der Waals surface area (Å²) in [6.45, 7) is 4.53. The van der Waals surface area contributed by atoms with Crippen molar-refractivity contribution in [2.24, 2.45) is 7.05 Å². The molecule has 0 aliphatic carbocycles. The molecular formula is C9H12N6O2S. The van der Waals surface area contributed by atoms with E-state index in [0.717, 1.165) is 5.82 Å². The van der Waals surface area contributed by atoms with E-state index in [4.69, 9.17) is 0 Å². The van der Waals surface area contributed by atoms with Gasteiger partial charge in [0.15, 0.2) is 10.2 Å². The smallest absolute Gasteiger partial charge is 0.358 e. The van der Waals surface area contributed by atoms with Crippen molar-refractivity contribution < 1.29 is 4.92 Å². The minimum Gasteiger partial charge on any atom is -0.358 e. The molecule has 0 amide bonds. The molecule has 96 valence electrons.